The monoisotopic (exact) mass is 212 g/mol. The Labute approximate surface area is 88.8 Å². The number of hydrogen-bond acceptors (Lipinski definition) is 4. The van der Waals surface area contributed by atoms with Gasteiger partial charge < -0.3 is 19.0 Å². The van der Waals surface area contributed by atoms with Crippen LogP contribution in [0.4, 0.5) is 0 Å². The number of rotatable bonds is 6. The van der Waals surface area contributed by atoms with Gasteiger partial charge in [-0.15, -0.1) is 0 Å². The maximum absolute atomic E-state index is 8.93. The van der Waals surface area contributed by atoms with Crippen LogP contribution in [0.25, 0.3) is 0 Å². The lowest BCUT2D eigenvalue weighted by molar-refractivity contribution is 0.156. The van der Waals surface area contributed by atoms with Crippen LogP contribution in [0.5, 0.6) is 5.75 Å². The van der Waals surface area contributed by atoms with E-state index in [9.17, 15) is 0 Å². The van der Waals surface area contributed by atoms with Gasteiger partial charge in [-0.1, -0.05) is 6.42 Å². The summed E-state index contributed by atoms with van der Waals surface area (Å²) in [6, 6.07) is 1.82. The van der Waals surface area contributed by atoms with Gasteiger partial charge in [-0.3, -0.25) is 0 Å². The van der Waals surface area contributed by atoms with E-state index in [0.717, 1.165) is 37.2 Å². The molecule has 2 rings (SSSR count). The van der Waals surface area contributed by atoms with Crippen molar-refractivity contribution < 1.29 is 19.0 Å². The number of furan rings is 1. The van der Waals surface area contributed by atoms with E-state index in [0.29, 0.717) is 0 Å². The molecule has 1 aromatic heterocycles. The van der Waals surface area contributed by atoms with Crippen LogP contribution < -0.4 is 4.74 Å². The first-order valence-electron chi connectivity index (χ1n) is 5.25. The summed E-state index contributed by atoms with van der Waals surface area (Å²) in [7, 11) is 1.64. The summed E-state index contributed by atoms with van der Waals surface area (Å²) < 4.78 is 15.3. The van der Waals surface area contributed by atoms with Crippen molar-refractivity contribution in [1.29, 1.82) is 0 Å². The molecule has 1 fully saturated rings. The van der Waals surface area contributed by atoms with Crippen LogP contribution in [-0.2, 0) is 11.2 Å². The molecular weight excluding hydrogens is 196 g/mol. The second kappa shape index (κ2) is 4.68. The van der Waals surface area contributed by atoms with Gasteiger partial charge in [-0.05, 0) is 12.8 Å². The fraction of sp³-hybridized carbons (Fsp3) is 0.636. The highest BCUT2D eigenvalue weighted by Crippen LogP contribution is 2.26. The lowest BCUT2D eigenvalue weighted by atomic mass is 10.1. The minimum absolute atomic E-state index is 0.0727. The number of hydrogen-bond donors (Lipinski definition) is 1. The molecule has 0 saturated carbocycles. The van der Waals surface area contributed by atoms with Crippen LogP contribution >= 0.6 is 0 Å². The Bertz CT molecular complexity index is 307. The number of aryl methyl sites for hydroxylation is 1. The van der Waals surface area contributed by atoms with E-state index < -0.39 is 6.29 Å². The molecule has 1 aliphatic rings. The van der Waals surface area contributed by atoms with Crippen molar-refractivity contribution in [3.8, 4) is 5.75 Å². The fourth-order valence-electron chi connectivity index (χ4n) is 1.67. The molecular formula is C11H16O4. The third-order valence-electron chi connectivity index (χ3n) is 2.62. The van der Waals surface area contributed by atoms with Crippen LogP contribution in [0.1, 0.15) is 25.0 Å². The van der Waals surface area contributed by atoms with Crippen molar-refractivity contribution in [2.45, 2.75) is 38.1 Å². The van der Waals surface area contributed by atoms with Crippen molar-refractivity contribution in [3.05, 3.63) is 18.1 Å². The normalized spacial score (nSPS) is 24.1. The summed E-state index contributed by atoms with van der Waals surface area (Å²) >= 11 is 0. The fourth-order valence-corrected chi connectivity index (χ4v) is 1.67. The zero-order valence-corrected chi connectivity index (χ0v) is 8.81. The maximum Gasteiger partial charge on any atom is 0.181 e. The van der Waals surface area contributed by atoms with Gasteiger partial charge in [0, 0.05) is 12.5 Å². The Balaban J connectivity index is 1.65. The van der Waals surface area contributed by atoms with Gasteiger partial charge in [-0.25, -0.2) is 0 Å². The van der Waals surface area contributed by atoms with Crippen molar-refractivity contribution in [1.82, 2.24) is 0 Å². The van der Waals surface area contributed by atoms with E-state index in [4.69, 9.17) is 19.0 Å². The minimum atomic E-state index is -0.511. The van der Waals surface area contributed by atoms with Crippen LogP contribution in [0.2, 0.25) is 0 Å². The molecule has 1 N–H and O–H groups in total. The molecule has 1 aromatic rings. The van der Waals surface area contributed by atoms with E-state index in [1.807, 2.05) is 6.07 Å². The van der Waals surface area contributed by atoms with Gasteiger partial charge in [0.1, 0.15) is 11.9 Å². The van der Waals surface area contributed by atoms with Crippen LogP contribution in [0.15, 0.2) is 16.7 Å². The summed E-state index contributed by atoms with van der Waals surface area (Å²) in [6.07, 6.45) is 5.05. The molecule has 2 unspecified atom stereocenters. The zero-order valence-electron chi connectivity index (χ0n) is 8.81. The van der Waals surface area contributed by atoms with Crippen LogP contribution in [-0.4, -0.2) is 24.6 Å². The highest BCUT2D eigenvalue weighted by atomic mass is 16.7. The number of aliphatic hydroxyl groups excluding tert-OH is 1. The summed E-state index contributed by atoms with van der Waals surface area (Å²) in [5.74, 6) is 1.72. The number of unbranched alkanes of at least 4 members (excludes halogenated alkanes) is 1. The number of epoxide rings is 1. The third-order valence-corrected chi connectivity index (χ3v) is 2.62. The van der Waals surface area contributed by atoms with Crippen LogP contribution in [0.3, 0.4) is 0 Å². The maximum atomic E-state index is 8.93. The van der Waals surface area contributed by atoms with Crippen molar-refractivity contribution >= 4 is 0 Å². The SMILES string of the molecule is COc1ccoc1CCCCC1OC1O. The van der Waals surface area contributed by atoms with Crippen molar-refractivity contribution in [3.63, 3.8) is 0 Å². The van der Waals surface area contributed by atoms with E-state index in [2.05, 4.69) is 0 Å². The molecule has 0 bridgehead atoms. The van der Waals surface area contributed by atoms with Crippen LogP contribution in [0, 0.1) is 0 Å². The van der Waals surface area contributed by atoms with Gasteiger partial charge in [0.2, 0.25) is 0 Å². The average Bonchev–Trinajstić information content (AvgIpc) is 2.79. The van der Waals surface area contributed by atoms with E-state index >= 15 is 0 Å². The Morgan fingerprint density at radius 1 is 1.47 bits per heavy atom. The van der Waals surface area contributed by atoms with E-state index in [-0.39, 0.29) is 6.10 Å². The summed E-state index contributed by atoms with van der Waals surface area (Å²) in [5.41, 5.74) is 0. The largest absolute Gasteiger partial charge is 0.493 e. The summed E-state index contributed by atoms with van der Waals surface area (Å²) in [4.78, 5) is 0. The molecule has 0 amide bonds. The second-order valence-electron chi connectivity index (χ2n) is 3.72. The molecule has 1 saturated heterocycles. The Morgan fingerprint density at radius 3 is 2.93 bits per heavy atom. The van der Waals surface area contributed by atoms with Gasteiger partial charge >= 0.3 is 0 Å². The predicted octanol–water partition coefficient (Wildman–Crippen LogP) is 1.72. The van der Waals surface area contributed by atoms with Gasteiger partial charge in [0.15, 0.2) is 12.0 Å². The van der Waals surface area contributed by atoms with E-state index in [1.165, 1.54) is 0 Å². The summed E-state index contributed by atoms with van der Waals surface area (Å²) in [5, 5.41) is 8.93. The average molecular weight is 212 g/mol. The van der Waals surface area contributed by atoms with Gasteiger partial charge in [0.25, 0.3) is 0 Å². The first-order valence-corrected chi connectivity index (χ1v) is 5.25. The highest BCUT2D eigenvalue weighted by Gasteiger charge is 2.35. The molecule has 0 radical (unpaired) electrons. The molecule has 15 heavy (non-hydrogen) atoms. The number of aliphatic hydroxyl groups is 1. The Hall–Kier alpha value is -1.00. The number of methoxy groups -OCH3 is 1. The molecule has 2 heterocycles. The molecule has 0 aromatic carbocycles. The topological polar surface area (TPSA) is 55.1 Å². The van der Waals surface area contributed by atoms with Crippen molar-refractivity contribution in [2.75, 3.05) is 7.11 Å². The minimum Gasteiger partial charge on any atom is -0.493 e. The first-order chi connectivity index (χ1) is 7.31. The predicted molar refractivity (Wildman–Crippen MR) is 53.7 cm³/mol. The smallest absolute Gasteiger partial charge is 0.181 e. The molecule has 0 aliphatic carbocycles. The Kier molecular flexibility index (Phi) is 3.28. The molecule has 2 atom stereocenters. The highest BCUT2D eigenvalue weighted by molar-refractivity contribution is 5.24. The molecule has 4 heteroatoms. The lowest BCUT2D eigenvalue weighted by Crippen LogP contribution is -1.93. The lowest BCUT2D eigenvalue weighted by Gasteiger charge is -2.00. The molecule has 84 valence electrons. The van der Waals surface area contributed by atoms with Gasteiger partial charge in [0.05, 0.1) is 13.4 Å². The molecule has 4 nitrogen and oxygen atoms in total. The quantitative estimate of drug-likeness (QED) is 0.576. The molecule has 1 aliphatic heterocycles. The first kappa shape index (κ1) is 10.5. The second-order valence-corrected chi connectivity index (χ2v) is 3.72. The Morgan fingerprint density at radius 2 is 2.27 bits per heavy atom. The molecule has 0 spiro atoms. The van der Waals surface area contributed by atoms with E-state index in [1.54, 1.807) is 13.4 Å². The van der Waals surface area contributed by atoms with Gasteiger partial charge in [-0.2, -0.15) is 0 Å². The zero-order chi connectivity index (χ0) is 10.7. The van der Waals surface area contributed by atoms with Crippen molar-refractivity contribution in [2.24, 2.45) is 0 Å². The standard InChI is InChI=1S/C11H16O4/c1-13-8-6-7-14-9(8)4-2-3-5-10-11(12)15-10/h6-7,10-12H,2-5H2,1H3. The summed E-state index contributed by atoms with van der Waals surface area (Å²) in [6.45, 7) is 0. The third kappa shape index (κ3) is 2.73. The number of ether oxygens (including phenoxy) is 2.